The molecule has 2 aliphatic heterocycles. The molecule has 33 heavy (non-hydrogen) atoms. The van der Waals surface area contributed by atoms with E-state index in [9.17, 15) is 9.18 Å². The number of piperidine rings is 1. The van der Waals surface area contributed by atoms with Crippen molar-refractivity contribution in [3.63, 3.8) is 0 Å². The van der Waals surface area contributed by atoms with Gasteiger partial charge in [-0.05, 0) is 68.5 Å². The lowest BCUT2D eigenvalue weighted by Gasteiger charge is -2.39. The van der Waals surface area contributed by atoms with E-state index in [1.807, 2.05) is 4.90 Å². The summed E-state index contributed by atoms with van der Waals surface area (Å²) in [6.45, 7) is 9.10. The number of benzene rings is 2. The van der Waals surface area contributed by atoms with Gasteiger partial charge in [0, 0.05) is 56.5 Å². The molecule has 3 aromatic rings. The van der Waals surface area contributed by atoms with Crippen molar-refractivity contribution >= 4 is 28.2 Å². The maximum atomic E-state index is 14.3. The first-order valence-electron chi connectivity index (χ1n) is 12.0. The molecule has 5 nitrogen and oxygen atoms in total. The van der Waals surface area contributed by atoms with Crippen molar-refractivity contribution in [2.45, 2.75) is 33.1 Å². The number of pyridine rings is 1. The predicted octanol–water partition coefficient (Wildman–Crippen LogP) is 4.94. The normalized spacial score (nSPS) is 17.0. The van der Waals surface area contributed by atoms with E-state index in [2.05, 4.69) is 46.8 Å². The van der Waals surface area contributed by atoms with Gasteiger partial charge in [-0.1, -0.05) is 12.1 Å². The van der Waals surface area contributed by atoms with Gasteiger partial charge >= 0.3 is 0 Å². The van der Waals surface area contributed by atoms with Gasteiger partial charge < -0.3 is 14.7 Å². The number of hydrogen-bond acceptors (Lipinski definition) is 4. The van der Waals surface area contributed by atoms with Crippen LogP contribution in [-0.4, -0.2) is 55.1 Å². The zero-order valence-electron chi connectivity index (χ0n) is 19.5. The van der Waals surface area contributed by atoms with Crippen LogP contribution in [-0.2, 0) is 0 Å². The summed E-state index contributed by atoms with van der Waals surface area (Å²) in [4.78, 5) is 24.6. The average Bonchev–Trinajstić information content (AvgIpc) is 2.85. The third-order valence-electron chi connectivity index (χ3n) is 7.19. The molecule has 2 saturated heterocycles. The molecule has 0 N–H and O–H groups in total. The minimum absolute atomic E-state index is 0.0142. The lowest BCUT2D eigenvalue weighted by molar-refractivity contribution is 0.0724. The highest BCUT2D eigenvalue weighted by molar-refractivity contribution is 6.07. The maximum Gasteiger partial charge on any atom is 0.257 e. The van der Waals surface area contributed by atoms with Crippen LogP contribution in [0.2, 0.25) is 0 Å². The van der Waals surface area contributed by atoms with Crippen molar-refractivity contribution in [3.8, 4) is 0 Å². The monoisotopic (exact) mass is 446 g/mol. The molecule has 2 fully saturated rings. The van der Waals surface area contributed by atoms with Crippen LogP contribution in [0, 0.1) is 19.7 Å². The number of hydrogen-bond donors (Lipinski definition) is 0. The number of likely N-dealkylation sites (tertiary alicyclic amines) is 1. The Hall–Kier alpha value is -3.15. The molecule has 0 atom stereocenters. The van der Waals surface area contributed by atoms with E-state index >= 15 is 0 Å². The van der Waals surface area contributed by atoms with Crippen LogP contribution in [0.4, 0.5) is 15.8 Å². The van der Waals surface area contributed by atoms with Crippen molar-refractivity contribution in [3.05, 3.63) is 65.1 Å². The molecular weight excluding hydrogens is 415 g/mol. The molecule has 2 aliphatic rings. The van der Waals surface area contributed by atoms with Crippen LogP contribution in [0.5, 0.6) is 0 Å². The minimum Gasteiger partial charge on any atom is -0.368 e. The van der Waals surface area contributed by atoms with Gasteiger partial charge in [-0.2, -0.15) is 0 Å². The molecule has 5 rings (SSSR count). The zero-order valence-corrected chi connectivity index (χ0v) is 19.5. The number of piperazine rings is 1. The molecule has 0 unspecified atom stereocenters. The van der Waals surface area contributed by atoms with E-state index in [0.717, 1.165) is 75.1 Å². The molecule has 0 radical (unpaired) electrons. The van der Waals surface area contributed by atoms with E-state index in [1.165, 1.54) is 28.9 Å². The molecular formula is C27H31FN4O. The first-order valence-corrected chi connectivity index (χ1v) is 12.0. The number of fused-ring (bicyclic) bond motifs is 1. The molecule has 3 heterocycles. The van der Waals surface area contributed by atoms with Crippen molar-refractivity contribution in [1.82, 2.24) is 9.88 Å². The van der Waals surface area contributed by atoms with Crippen LogP contribution in [0.1, 0.15) is 40.7 Å². The zero-order chi connectivity index (χ0) is 22.9. The Morgan fingerprint density at radius 1 is 0.909 bits per heavy atom. The molecule has 1 amide bonds. The molecule has 172 valence electrons. The Morgan fingerprint density at radius 3 is 2.39 bits per heavy atom. The summed E-state index contributed by atoms with van der Waals surface area (Å²) < 4.78 is 14.3. The van der Waals surface area contributed by atoms with Gasteiger partial charge in [-0.3, -0.25) is 9.78 Å². The lowest BCUT2D eigenvalue weighted by atomic mass is 10.0. The predicted molar refractivity (Wildman–Crippen MR) is 132 cm³/mol. The second-order valence-electron chi connectivity index (χ2n) is 9.23. The van der Waals surface area contributed by atoms with E-state index in [4.69, 9.17) is 0 Å². The van der Waals surface area contributed by atoms with Crippen LogP contribution in [0.3, 0.4) is 0 Å². The molecule has 0 aliphatic carbocycles. The summed E-state index contributed by atoms with van der Waals surface area (Å²) in [5.41, 5.74) is 6.01. The van der Waals surface area contributed by atoms with Gasteiger partial charge in [0.05, 0.1) is 16.8 Å². The Bertz CT molecular complexity index is 1180. The van der Waals surface area contributed by atoms with Crippen molar-refractivity contribution < 1.29 is 9.18 Å². The number of halogens is 1. The van der Waals surface area contributed by atoms with Gasteiger partial charge in [-0.15, -0.1) is 0 Å². The molecule has 6 heteroatoms. The van der Waals surface area contributed by atoms with Gasteiger partial charge in [0.15, 0.2) is 0 Å². The largest absolute Gasteiger partial charge is 0.368 e. The van der Waals surface area contributed by atoms with E-state index in [0.29, 0.717) is 5.56 Å². The van der Waals surface area contributed by atoms with Crippen molar-refractivity contribution in [1.29, 1.82) is 0 Å². The fourth-order valence-electron chi connectivity index (χ4n) is 5.16. The number of rotatable bonds is 3. The third kappa shape index (κ3) is 4.14. The quantitative estimate of drug-likeness (QED) is 0.571. The fourth-order valence-corrected chi connectivity index (χ4v) is 5.16. The van der Waals surface area contributed by atoms with E-state index in [-0.39, 0.29) is 11.7 Å². The standard InChI is InChI=1S/C27H31FN4O/c1-19-7-6-8-25(20(19)2)30-13-15-31(16-14-30)26-22-17-21(28)9-10-24(22)29-18-23(26)27(33)32-11-4-3-5-12-32/h6-10,17-18H,3-5,11-16H2,1-2H3. The fraction of sp³-hybridized carbons (Fsp3) is 0.407. The molecule has 2 aromatic carbocycles. The SMILES string of the molecule is Cc1cccc(N2CCN(c3c(C(=O)N4CCCCC4)cnc4ccc(F)cc34)CC2)c1C. The summed E-state index contributed by atoms with van der Waals surface area (Å²) in [5.74, 6) is -0.289. The highest BCUT2D eigenvalue weighted by Gasteiger charge is 2.28. The van der Waals surface area contributed by atoms with Gasteiger partial charge in [0.2, 0.25) is 0 Å². The topological polar surface area (TPSA) is 39.7 Å². The number of nitrogens with zero attached hydrogens (tertiary/aromatic N) is 4. The number of aryl methyl sites for hydroxylation is 1. The second-order valence-corrected chi connectivity index (χ2v) is 9.23. The highest BCUT2D eigenvalue weighted by Crippen LogP contribution is 2.33. The number of amides is 1. The third-order valence-corrected chi connectivity index (χ3v) is 7.19. The number of aromatic nitrogens is 1. The van der Waals surface area contributed by atoms with Crippen LogP contribution >= 0.6 is 0 Å². The van der Waals surface area contributed by atoms with Crippen molar-refractivity contribution in [2.24, 2.45) is 0 Å². The van der Waals surface area contributed by atoms with Gasteiger partial charge in [0.1, 0.15) is 5.82 Å². The molecule has 0 spiro atoms. The number of anilines is 2. The molecule has 0 saturated carbocycles. The average molecular weight is 447 g/mol. The second kappa shape index (κ2) is 9.00. The molecule has 1 aromatic heterocycles. The number of carbonyl (C=O) groups is 1. The Morgan fingerprint density at radius 2 is 1.64 bits per heavy atom. The first-order chi connectivity index (χ1) is 16.0. The Labute approximate surface area is 194 Å². The van der Waals surface area contributed by atoms with Gasteiger partial charge in [-0.25, -0.2) is 4.39 Å². The summed E-state index contributed by atoms with van der Waals surface area (Å²) in [5, 5.41) is 0.720. The van der Waals surface area contributed by atoms with Crippen LogP contribution < -0.4 is 9.80 Å². The number of carbonyl (C=O) groups excluding carboxylic acids is 1. The minimum atomic E-state index is -0.304. The highest BCUT2D eigenvalue weighted by atomic mass is 19.1. The smallest absolute Gasteiger partial charge is 0.257 e. The van der Waals surface area contributed by atoms with Gasteiger partial charge in [0.25, 0.3) is 5.91 Å². The Kier molecular flexibility index (Phi) is 5.92. The summed E-state index contributed by atoms with van der Waals surface area (Å²) in [7, 11) is 0. The Balaban J connectivity index is 1.49. The molecule has 0 bridgehead atoms. The van der Waals surface area contributed by atoms with Crippen LogP contribution in [0.15, 0.2) is 42.6 Å². The van der Waals surface area contributed by atoms with Crippen molar-refractivity contribution in [2.75, 3.05) is 49.1 Å². The summed E-state index contributed by atoms with van der Waals surface area (Å²) in [6.07, 6.45) is 4.93. The summed E-state index contributed by atoms with van der Waals surface area (Å²) >= 11 is 0. The maximum absolute atomic E-state index is 14.3. The van der Waals surface area contributed by atoms with Crippen LogP contribution in [0.25, 0.3) is 10.9 Å². The first kappa shape index (κ1) is 21.7. The van der Waals surface area contributed by atoms with E-state index in [1.54, 1.807) is 12.3 Å². The van der Waals surface area contributed by atoms with E-state index < -0.39 is 0 Å². The summed E-state index contributed by atoms with van der Waals surface area (Å²) in [6, 6.07) is 11.1. The lowest BCUT2D eigenvalue weighted by Crippen LogP contribution is -2.47.